The quantitative estimate of drug-likeness (QED) is 0.174. The highest BCUT2D eigenvalue weighted by atomic mass is 16.6. The fourth-order valence-corrected chi connectivity index (χ4v) is 4.37. The second kappa shape index (κ2) is 16.4. The number of rotatable bonds is 16. The molecule has 0 aromatic carbocycles. The molecule has 1 heterocycles. The first-order valence-corrected chi connectivity index (χ1v) is 13.7. The maximum Gasteiger partial charge on any atom is 0.348 e. The van der Waals surface area contributed by atoms with Crippen molar-refractivity contribution in [2.45, 2.75) is 124 Å². The summed E-state index contributed by atoms with van der Waals surface area (Å²) in [6.45, 7) is 10.7. The van der Waals surface area contributed by atoms with E-state index in [0.717, 1.165) is 24.8 Å². The number of esters is 2. The number of carbonyl (C=O) groups is 4. The molecule has 0 aromatic rings. The van der Waals surface area contributed by atoms with Crippen molar-refractivity contribution in [2.24, 2.45) is 11.8 Å². The first kappa shape index (κ1) is 32.6. The van der Waals surface area contributed by atoms with Crippen LogP contribution < -0.4 is 0 Å². The van der Waals surface area contributed by atoms with Crippen LogP contribution in [-0.4, -0.2) is 69.8 Å². The zero-order chi connectivity index (χ0) is 28.1. The standard InChI is InChI=1S/C28H47NO8/c1-7-9-10-11-12-13-15-19(4)23(30)20(5)25(31)29-17-14-16-22(29)27(34)37-24(18(3)8-2)28(35)36-21(6)26(32)33/h15,18,20-24,30H,7-14,16-17H2,1-6H3,(H,32,33)/b19-15+/t18-,20+,21-,22+,23+,24-/m0/s1. The lowest BCUT2D eigenvalue weighted by Crippen LogP contribution is -2.48. The van der Waals surface area contributed by atoms with Gasteiger partial charge in [0.05, 0.1) is 12.0 Å². The number of allylic oxidation sites excluding steroid dienone is 1. The molecule has 37 heavy (non-hydrogen) atoms. The molecule has 0 spiro atoms. The van der Waals surface area contributed by atoms with Gasteiger partial charge in [-0.2, -0.15) is 0 Å². The minimum Gasteiger partial charge on any atom is -0.479 e. The lowest BCUT2D eigenvalue weighted by atomic mass is 9.95. The van der Waals surface area contributed by atoms with Crippen LogP contribution in [0.2, 0.25) is 0 Å². The normalized spacial score (nSPS) is 20.0. The van der Waals surface area contributed by atoms with E-state index >= 15 is 0 Å². The maximum atomic E-state index is 13.3. The molecule has 0 aliphatic carbocycles. The lowest BCUT2D eigenvalue weighted by Gasteiger charge is -2.30. The number of carboxylic acids is 1. The summed E-state index contributed by atoms with van der Waals surface area (Å²) in [5.41, 5.74) is 0.738. The maximum absolute atomic E-state index is 13.3. The molecule has 2 N–H and O–H groups in total. The summed E-state index contributed by atoms with van der Waals surface area (Å²) in [5.74, 6) is -4.44. The van der Waals surface area contributed by atoms with Crippen LogP contribution in [0.3, 0.4) is 0 Å². The minimum atomic E-state index is -1.38. The van der Waals surface area contributed by atoms with Crippen LogP contribution >= 0.6 is 0 Å². The van der Waals surface area contributed by atoms with Crippen LogP contribution in [0.4, 0.5) is 0 Å². The van der Waals surface area contributed by atoms with E-state index in [4.69, 9.17) is 14.6 Å². The molecule has 1 fully saturated rings. The number of aliphatic hydroxyl groups excluding tert-OH is 1. The van der Waals surface area contributed by atoms with E-state index in [9.17, 15) is 24.3 Å². The number of likely N-dealkylation sites (tertiary alicyclic amines) is 1. The van der Waals surface area contributed by atoms with Crippen molar-refractivity contribution in [3.8, 4) is 0 Å². The third-order valence-corrected chi connectivity index (χ3v) is 7.19. The number of hydrogen-bond donors (Lipinski definition) is 2. The average molecular weight is 526 g/mol. The van der Waals surface area contributed by atoms with Crippen molar-refractivity contribution in [3.05, 3.63) is 11.6 Å². The highest BCUT2D eigenvalue weighted by Gasteiger charge is 2.41. The molecule has 1 rings (SSSR count). The zero-order valence-electron chi connectivity index (χ0n) is 23.4. The summed E-state index contributed by atoms with van der Waals surface area (Å²) in [7, 11) is 0. The van der Waals surface area contributed by atoms with Gasteiger partial charge >= 0.3 is 17.9 Å². The molecular weight excluding hydrogens is 478 g/mol. The fourth-order valence-electron chi connectivity index (χ4n) is 4.37. The topological polar surface area (TPSA) is 130 Å². The Kier molecular flexibility index (Phi) is 14.5. The van der Waals surface area contributed by atoms with Crippen LogP contribution in [-0.2, 0) is 28.7 Å². The Morgan fingerprint density at radius 3 is 2.27 bits per heavy atom. The predicted molar refractivity (Wildman–Crippen MR) is 140 cm³/mol. The monoisotopic (exact) mass is 525 g/mol. The van der Waals surface area contributed by atoms with Gasteiger partial charge in [-0.05, 0) is 51.5 Å². The molecule has 0 unspecified atom stereocenters. The lowest BCUT2D eigenvalue weighted by molar-refractivity contribution is -0.181. The van der Waals surface area contributed by atoms with Gasteiger partial charge in [-0.1, -0.05) is 59.5 Å². The van der Waals surface area contributed by atoms with Gasteiger partial charge in [0.25, 0.3) is 0 Å². The van der Waals surface area contributed by atoms with Crippen molar-refractivity contribution in [1.82, 2.24) is 4.90 Å². The third-order valence-electron chi connectivity index (χ3n) is 7.19. The number of nitrogens with zero attached hydrogens (tertiary/aromatic N) is 1. The molecule has 9 nitrogen and oxygen atoms in total. The van der Waals surface area contributed by atoms with Crippen LogP contribution in [0.1, 0.15) is 99.3 Å². The SMILES string of the molecule is CCCCCCC/C=C(\C)[C@@H](O)[C@@H](C)C(=O)N1CCC[C@@H]1C(=O)O[C@H](C(=O)O[C@@H](C)C(=O)O)[C@@H](C)CC. The van der Waals surface area contributed by atoms with Crippen molar-refractivity contribution in [2.75, 3.05) is 6.54 Å². The van der Waals surface area contributed by atoms with Crippen molar-refractivity contribution >= 4 is 23.8 Å². The summed E-state index contributed by atoms with van der Waals surface area (Å²) >= 11 is 0. The molecule has 1 amide bonds. The molecule has 0 aromatic heterocycles. The number of aliphatic carboxylic acids is 1. The summed E-state index contributed by atoms with van der Waals surface area (Å²) in [4.78, 5) is 51.4. The summed E-state index contributed by atoms with van der Waals surface area (Å²) in [6, 6.07) is -0.874. The van der Waals surface area contributed by atoms with Gasteiger partial charge in [0, 0.05) is 12.5 Å². The number of carboxylic acid groups (broad SMARTS) is 1. The Bertz CT molecular complexity index is 795. The van der Waals surface area contributed by atoms with Gasteiger partial charge in [-0.3, -0.25) is 4.79 Å². The Morgan fingerprint density at radius 1 is 1.03 bits per heavy atom. The van der Waals surface area contributed by atoms with Crippen molar-refractivity contribution in [1.29, 1.82) is 0 Å². The smallest absolute Gasteiger partial charge is 0.348 e. The second-order valence-corrected chi connectivity index (χ2v) is 10.2. The molecule has 0 radical (unpaired) electrons. The van der Waals surface area contributed by atoms with Gasteiger partial charge in [0.15, 0.2) is 6.10 Å². The van der Waals surface area contributed by atoms with Crippen molar-refractivity contribution in [3.63, 3.8) is 0 Å². The van der Waals surface area contributed by atoms with Crippen LogP contribution in [0, 0.1) is 11.8 Å². The van der Waals surface area contributed by atoms with E-state index in [2.05, 4.69) is 6.92 Å². The molecule has 1 saturated heterocycles. The molecular formula is C28H47NO8. The van der Waals surface area contributed by atoms with E-state index in [0.29, 0.717) is 25.8 Å². The van der Waals surface area contributed by atoms with E-state index in [-0.39, 0.29) is 5.91 Å². The zero-order valence-corrected chi connectivity index (χ0v) is 23.4. The Balaban J connectivity index is 2.83. The van der Waals surface area contributed by atoms with Gasteiger partial charge in [0.2, 0.25) is 12.0 Å². The van der Waals surface area contributed by atoms with Gasteiger partial charge in [-0.25, -0.2) is 14.4 Å². The number of unbranched alkanes of at least 4 members (excludes halogenated alkanes) is 5. The second-order valence-electron chi connectivity index (χ2n) is 10.2. The summed E-state index contributed by atoms with van der Waals surface area (Å²) < 4.78 is 10.5. The van der Waals surface area contributed by atoms with Crippen molar-refractivity contribution < 1.29 is 38.9 Å². The molecule has 6 atom stereocenters. The van der Waals surface area contributed by atoms with E-state index < -0.39 is 54.1 Å². The Hall–Kier alpha value is -2.42. The molecule has 1 aliphatic rings. The molecule has 9 heteroatoms. The number of ether oxygens (including phenoxy) is 2. The Labute approximate surface area is 221 Å². The number of carbonyl (C=O) groups excluding carboxylic acids is 3. The minimum absolute atomic E-state index is 0.343. The molecule has 0 bridgehead atoms. The van der Waals surface area contributed by atoms with Gasteiger partial charge < -0.3 is 24.6 Å². The van der Waals surface area contributed by atoms with Crippen LogP contribution in [0.15, 0.2) is 11.6 Å². The molecule has 212 valence electrons. The summed E-state index contributed by atoms with van der Waals surface area (Å²) in [6.07, 6.45) is 6.47. The largest absolute Gasteiger partial charge is 0.479 e. The fraction of sp³-hybridized carbons (Fsp3) is 0.786. The molecule has 1 aliphatic heterocycles. The van der Waals surface area contributed by atoms with E-state index in [1.54, 1.807) is 13.8 Å². The van der Waals surface area contributed by atoms with Crippen LogP contribution in [0.25, 0.3) is 0 Å². The predicted octanol–water partition coefficient (Wildman–Crippen LogP) is 4.26. The number of amides is 1. The highest BCUT2D eigenvalue weighted by molar-refractivity contribution is 5.88. The first-order chi connectivity index (χ1) is 17.5. The van der Waals surface area contributed by atoms with E-state index in [1.807, 2.05) is 19.9 Å². The average Bonchev–Trinajstić information content (AvgIpc) is 3.37. The Morgan fingerprint density at radius 2 is 1.68 bits per heavy atom. The summed E-state index contributed by atoms with van der Waals surface area (Å²) in [5, 5.41) is 19.8. The third kappa shape index (κ3) is 10.1. The van der Waals surface area contributed by atoms with E-state index in [1.165, 1.54) is 31.1 Å². The number of hydrogen-bond acceptors (Lipinski definition) is 7. The van der Waals surface area contributed by atoms with Gasteiger partial charge in [-0.15, -0.1) is 0 Å². The van der Waals surface area contributed by atoms with Crippen LogP contribution in [0.5, 0.6) is 0 Å². The highest BCUT2D eigenvalue weighted by Crippen LogP contribution is 2.26. The van der Waals surface area contributed by atoms with Gasteiger partial charge in [0.1, 0.15) is 6.04 Å². The molecule has 0 saturated carbocycles. The first-order valence-electron chi connectivity index (χ1n) is 13.7. The number of aliphatic hydroxyl groups is 1.